The van der Waals surface area contributed by atoms with Crippen LogP contribution in [0, 0.1) is 17.8 Å². The summed E-state index contributed by atoms with van der Waals surface area (Å²) in [5, 5.41) is 3.27. The lowest BCUT2D eigenvalue weighted by molar-refractivity contribution is -0.127. The number of nitrogens with one attached hydrogen (secondary N) is 1. The molecule has 9 heteroatoms. The molecular weight excluding hydrogens is 416 g/mol. The third-order valence-electron chi connectivity index (χ3n) is 7.58. The van der Waals surface area contributed by atoms with Crippen LogP contribution in [0.5, 0.6) is 0 Å². The number of fused-ring (bicyclic) bond motifs is 1. The molecule has 1 saturated heterocycles. The predicted octanol–water partition coefficient (Wildman–Crippen LogP) is 2.00. The number of rotatable bonds is 5. The number of carbonyl (C=O) groups is 2. The normalized spacial score (nSPS) is 28.1. The first-order valence-corrected chi connectivity index (χ1v) is 13.0. The number of hydrogen-bond acceptors (Lipinski definition) is 4. The number of amides is 2. The molecule has 0 bridgehead atoms. The van der Waals surface area contributed by atoms with Gasteiger partial charge < -0.3 is 15.6 Å². The van der Waals surface area contributed by atoms with E-state index in [-0.39, 0.29) is 28.5 Å². The van der Waals surface area contributed by atoms with Crippen LogP contribution in [-0.4, -0.2) is 48.2 Å². The van der Waals surface area contributed by atoms with Gasteiger partial charge in [-0.05, 0) is 50.0 Å². The maximum atomic E-state index is 13.0. The Bertz CT molecular complexity index is 933. The molecule has 0 aromatic carbocycles. The molecule has 3 N–H and O–H groups in total. The summed E-state index contributed by atoms with van der Waals surface area (Å²) < 4.78 is 28.8. The summed E-state index contributed by atoms with van der Waals surface area (Å²) in [4.78, 5) is 24.4. The van der Waals surface area contributed by atoms with Gasteiger partial charge in [0.25, 0.3) is 5.91 Å². The van der Waals surface area contributed by atoms with Crippen molar-refractivity contribution in [3.63, 3.8) is 0 Å². The lowest BCUT2D eigenvalue weighted by Crippen LogP contribution is -2.47. The van der Waals surface area contributed by atoms with Gasteiger partial charge in [-0.2, -0.15) is 4.31 Å². The molecule has 2 heterocycles. The zero-order valence-corrected chi connectivity index (χ0v) is 19.1. The molecule has 1 aliphatic heterocycles. The Labute approximate surface area is 184 Å². The van der Waals surface area contributed by atoms with E-state index >= 15 is 0 Å². The smallest absolute Gasteiger partial charge is 0.265 e. The Morgan fingerprint density at radius 3 is 2.35 bits per heavy atom. The van der Waals surface area contributed by atoms with Crippen molar-refractivity contribution in [1.82, 2.24) is 14.2 Å². The number of nitrogens with zero attached hydrogens (tertiary/aromatic N) is 2. The topological polar surface area (TPSA) is 114 Å². The molecule has 3 atom stereocenters. The summed E-state index contributed by atoms with van der Waals surface area (Å²) in [6, 6.07) is 1.59. The van der Waals surface area contributed by atoms with Gasteiger partial charge in [0.15, 0.2) is 0 Å². The molecule has 3 fully saturated rings. The standard InChI is InChI=1S/C22H34N4O4S/c1-25-14-19(13-20(25)21(23)27)31(29,30)26-10-8-16(9-11-26)22(28)24-18-7-6-15-4-2-3-5-17(15)12-18/h13-18H,2-12H2,1H3,(H2,23,27)(H,24,28)/t15-,17-,18-/m1/s1. The molecule has 0 unspecified atom stereocenters. The van der Waals surface area contributed by atoms with Gasteiger partial charge >= 0.3 is 0 Å². The van der Waals surface area contributed by atoms with Crippen LogP contribution in [0.2, 0.25) is 0 Å². The zero-order valence-electron chi connectivity index (χ0n) is 18.3. The van der Waals surface area contributed by atoms with E-state index in [0.29, 0.717) is 25.9 Å². The van der Waals surface area contributed by atoms with Gasteiger partial charge in [-0.3, -0.25) is 9.59 Å². The first-order valence-electron chi connectivity index (χ1n) is 11.5. The van der Waals surface area contributed by atoms with E-state index in [4.69, 9.17) is 5.73 Å². The molecule has 0 spiro atoms. The molecule has 4 rings (SSSR count). The SMILES string of the molecule is Cn1cc(S(=O)(=O)N2CCC(C(=O)N[C@@H]3CC[C@H]4CCCC[C@@H]4C3)CC2)cc1C(N)=O. The van der Waals surface area contributed by atoms with Crippen molar-refractivity contribution in [1.29, 1.82) is 0 Å². The van der Waals surface area contributed by atoms with Crippen LogP contribution < -0.4 is 11.1 Å². The lowest BCUT2D eigenvalue weighted by atomic mass is 9.69. The number of piperidine rings is 1. The van der Waals surface area contributed by atoms with E-state index in [0.717, 1.165) is 24.7 Å². The maximum absolute atomic E-state index is 13.0. The van der Waals surface area contributed by atoms with Crippen LogP contribution in [0.25, 0.3) is 0 Å². The predicted molar refractivity (Wildman–Crippen MR) is 117 cm³/mol. The van der Waals surface area contributed by atoms with Crippen molar-refractivity contribution >= 4 is 21.8 Å². The molecule has 172 valence electrons. The van der Waals surface area contributed by atoms with Crippen LogP contribution in [0.15, 0.2) is 17.2 Å². The number of hydrogen-bond donors (Lipinski definition) is 2. The van der Waals surface area contributed by atoms with Gasteiger partial charge in [0.1, 0.15) is 10.6 Å². The second-order valence-electron chi connectivity index (χ2n) is 9.54. The fraction of sp³-hybridized carbons (Fsp3) is 0.727. The van der Waals surface area contributed by atoms with Crippen LogP contribution in [0.1, 0.15) is 68.3 Å². The second-order valence-corrected chi connectivity index (χ2v) is 11.5. The molecule has 31 heavy (non-hydrogen) atoms. The highest BCUT2D eigenvalue weighted by Gasteiger charge is 2.36. The Balaban J connectivity index is 1.31. The maximum Gasteiger partial charge on any atom is 0.265 e. The molecular formula is C22H34N4O4S. The number of carbonyl (C=O) groups excluding carboxylic acids is 2. The van der Waals surface area contributed by atoms with Gasteiger partial charge in [0, 0.05) is 38.3 Å². The van der Waals surface area contributed by atoms with Crippen molar-refractivity contribution < 1.29 is 18.0 Å². The number of aryl methyl sites for hydroxylation is 1. The average Bonchev–Trinajstić information content (AvgIpc) is 3.16. The summed E-state index contributed by atoms with van der Waals surface area (Å²) in [5.41, 5.74) is 5.45. The van der Waals surface area contributed by atoms with Crippen LogP contribution >= 0.6 is 0 Å². The minimum Gasteiger partial charge on any atom is -0.364 e. The molecule has 8 nitrogen and oxygen atoms in total. The van der Waals surface area contributed by atoms with E-state index in [1.165, 1.54) is 53.2 Å². The van der Waals surface area contributed by atoms with E-state index in [1.54, 1.807) is 7.05 Å². The Kier molecular flexibility index (Phi) is 6.44. The Morgan fingerprint density at radius 1 is 1.03 bits per heavy atom. The summed E-state index contributed by atoms with van der Waals surface area (Å²) in [5.74, 6) is 0.875. The summed E-state index contributed by atoms with van der Waals surface area (Å²) in [7, 11) is -2.12. The minimum atomic E-state index is -3.71. The van der Waals surface area contributed by atoms with Crippen molar-refractivity contribution in [3.05, 3.63) is 18.0 Å². The first kappa shape index (κ1) is 22.3. The number of primary amides is 1. The zero-order chi connectivity index (χ0) is 22.2. The highest BCUT2D eigenvalue weighted by atomic mass is 32.2. The molecule has 2 amide bonds. The lowest BCUT2D eigenvalue weighted by Gasteiger charge is -2.40. The Hall–Kier alpha value is -1.87. The van der Waals surface area contributed by atoms with Crippen molar-refractivity contribution in [2.75, 3.05) is 13.1 Å². The molecule has 2 aliphatic carbocycles. The Morgan fingerprint density at radius 2 is 1.71 bits per heavy atom. The van der Waals surface area contributed by atoms with E-state index in [1.807, 2.05) is 0 Å². The van der Waals surface area contributed by atoms with E-state index in [9.17, 15) is 18.0 Å². The monoisotopic (exact) mass is 450 g/mol. The van der Waals surface area contributed by atoms with Crippen molar-refractivity contribution in [2.24, 2.45) is 30.5 Å². The summed E-state index contributed by atoms with van der Waals surface area (Å²) >= 11 is 0. The van der Waals surface area contributed by atoms with Crippen LogP contribution in [0.3, 0.4) is 0 Å². The van der Waals surface area contributed by atoms with Crippen LogP contribution in [-0.2, 0) is 21.9 Å². The van der Waals surface area contributed by atoms with E-state index in [2.05, 4.69) is 5.32 Å². The summed E-state index contributed by atoms with van der Waals surface area (Å²) in [6.07, 6.45) is 11.1. The van der Waals surface area contributed by atoms with Crippen molar-refractivity contribution in [2.45, 2.75) is 68.7 Å². The fourth-order valence-corrected chi connectivity index (χ4v) is 7.29. The minimum absolute atomic E-state index is 0.0657. The number of nitrogens with two attached hydrogens (primary N) is 1. The number of aromatic nitrogens is 1. The second kappa shape index (κ2) is 8.94. The van der Waals surface area contributed by atoms with Gasteiger partial charge in [-0.25, -0.2) is 8.42 Å². The van der Waals surface area contributed by atoms with Crippen LogP contribution in [0.4, 0.5) is 0 Å². The first-order chi connectivity index (χ1) is 14.8. The average molecular weight is 451 g/mol. The third-order valence-corrected chi connectivity index (χ3v) is 9.44. The van der Waals surface area contributed by atoms with Gasteiger partial charge in [0.2, 0.25) is 15.9 Å². The fourth-order valence-electron chi connectivity index (χ4n) is 5.75. The molecule has 1 aromatic heterocycles. The molecule has 3 aliphatic rings. The molecule has 2 saturated carbocycles. The molecule has 0 radical (unpaired) electrons. The van der Waals surface area contributed by atoms with Gasteiger partial charge in [0.05, 0.1) is 0 Å². The highest BCUT2D eigenvalue weighted by Crippen LogP contribution is 2.40. The highest BCUT2D eigenvalue weighted by molar-refractivity contribution is 7.89. The quantitative estimate of drug-likeness (QED) is 0.714. The largest absolute Gasteiger partial charge is 0.364 e. The van der Waals surface area contributed by atoms with E-state index < -0.39 is 15.9 Å². The van der Waals surface area contributed by atoms with Crippen molar-refractivity contribution in [3.8, 4) is 0 Å². The molecule has 1 aromatic rings. The van der Waals surface area contributed by atoms with Gasteiger partial charge in [-0.1, -0.05) is 25.7 Å². The van der Waals surface area contributed by atoms with Gasteiger partial charge in [-0.15, -0.1) is 0 Å². The third kappa shape index (κ3) is 4.67. The summed E-state index contributed by atoms with van der Waals surface area (Å²) in [6.45, 7) is 0.604. The number of sulfonamides is 1.